The molecule has 0 unspecified atom stereocenters. The van der Waals surface area contributed by atoms with Crippen molar-refractivity contribution in [3.05, 3.63) is 75.7 Å². The highest BCUT2D eigenvalue weighted by molar-refractivity contribution is 7.09. The molecular formula is C26H27N3O5S. The normalized spacial score (nSPS) is 13.1. The minimum Gasteiger partial charge on any atom is -0.481 e. The fourth-order valence-corrected chi connectivity index (χ4v) is 4.97. The smallest absolute Gasteiger partial charge is 0.407 e. The molecule has 1 aliphatic rings. The number of fused-ring (bicyclic) bond motifs is 3. The third-order valence-corrected chi connectivity index (χ3v) is 6.81. The molecule has 3 N–H and O–H groups in total. The first-order chi connectivity index (χ1) is 16.8. The predicted octanol–water partition coefficient (Wildman–Crippen LogP) is 3.95. The number of aliphatic carboxylic acids is 1. The largest absolute Gasteiger partial charge is 0.481 e. The maximum Gasteiger partial charge on any atom is 0.407 e. The number of amides is 2. The highest BCUT2D eigenvalue weighted by atomic mass is 32.1. The highest BCUT2D eigenvalue weighted by Crippen LogP contribution is 2.44. The van der Waals surface area contributed by atoms with E-state index in [1.54, 1.807) is 5.38 Å². The number of alkyl carbamates (subject to hydrolysis) is 1. The maximum absolute atomic E-state index is 12.8. The second kappa shape index (κ2) is 10.7. The molecule has 1 aliphatic carbocycles. The summed E-state index contributed by atoms with van der Waals surface area (Å²) in [6.07, 6.45) is -0.818. The van der Waals surface area contributed by atoms with E-state index in [0.29, 0.717) is 10.7 Å². The Labute approximate surface area is 207 Å². The lowest BCUT2D eigenvalue weighted by Gasteiger charge is -2.22. The molecule has 4 rings (SSSR count). The van der Waals surface area contributed by atoms with Gasteiger partial charge in [0.25, 0.3) is 0 Å². The molecule has 0 aliphatic heterocycles. The highest BCUT2D eigenvalue weighted by Gasteiger charge is 2.30. The topological polar surface area (TPSA) is 118 Å². The second-order valence-electron chi connectivity index (χ2n) is 8.71. The van der Waals surface area contributed by atoms with Gasteiger partial charge >= 0.3 is 12.1 Å². The van der Waals surface area contributed by atoms with Gasteiger partial charge in [-0.2, -0.15) is 0 Å². The number of benzene rings is 2. The van der Waals surface area contributed by atoms with Crippen molar-refractivity contribution in [1.82, 2.24) is 15.6 Å². The van der Waals surface area contributed by atoms with E-state index >= 15 is 0 Å². The zero-order valence-electron chi connectivity index (χ0n) is 19.5. The van der Waals surface area contributed by atoms with Crippen molar-refractivity contribution >= 4 is 29.3 Å². The first kappa shape index (κ1) is 24.4. The Hall–Kier alpha value is -3.72. The van der Waals surface area contributed by atoms with Crippen LogP contribution in [0.4, 0.5) is 4.79 Å². The lowest BCUT2D eigenvalue weighted by atomic mass is 9.98. The molecule has 0 spiro atoms. The summed E-state index contributed by atoms with van der Waals surface area (Å²) in [6.45, 7) is 3.99. The Morgan fingerprint density at radius 3 is 2.29 bits per heavy atom. The fourth-order valence-electron chi connectivity index (χ4n) is 4.24. The van der Waals surface area contributed by atoms with E-state index in [-0.39, 0.29) is 37.3 Å². The van der Waals surface area contributed by atoms with E-state index in [1.807, 2.05) is 50.2 Å². The Bertz CT molecular complexity index is 1190. The quantitative estimate of drug-likeness (QED) is 0.416. The SMILES string of the molecule is CC(C)[C@H](NC(=O)OCC1c2ccccc2-c2ccccc21)C(=O)NCc1nc(CC(=O)O)cs1. The van der Waals surface area contributed by atoms with E-state index in [4.69, 9.17) is 9.84 Å². The molecule has 0 saturated heterocycles. The molecule has 35 heavy (non-hydrogen) atoms. The summed E-state index contributed by atoms with van der Waals surface area (Å²) in [4.78, 5) is 40.4. The van der Waals surface area contributed by atoms with Crippen molar-refractivity contribution < 1.29 is 24.2 Å². The number of thiazole rings is 1. The number of nitrogens with one attached hydrogen (secondary N) is 2. The lowest BCUT2D eigenvalue weighted by Crippen LogP contribution is -2.49. The molecule has 8 nitrogen and oxygen atoms in total. The van der Waals surface area contributed by atoms with Gasteiger partial charge in [-0.3, -0.25) is 9.59 Å². The second-order valence-corrected chi connectivity index (χ2v) is 9.66. The van der Waals surface area contributed by atoms with Gasteiger partial charge in [-0.05, 0) is 28.2 Å². The summed E-state index contributed by atoms with van der Waals surface area (Å²) in [5.74, 6) is -1.56. The van der Waals surface area contributed by atoms with Crippen LogP contribution < -0.4 is 10.6 Å². The van der Waals surface area contributed by atoms with E-state index in [2.05, 4.69) is 27.8 Å². The molecule has 0 fully saturated rings. The average molecular weight is 494 g/mol. The zero-order chi connectivity index (χ0) is 24.9. The number of nitrogens with zero attached hydrogens (tertiary/aromatic N) is 1. The van der Waals surface area contributed by atoms with E-state index in [1.165, 1.54) is 11.3 Å². The van der Waals surface area contributed by atoms with Gasteiger partial charge in [0.2, 0.25) is 5.91 Å². The van der Waals surface area contributed by atoms with Crippen molar-refractivity contribution in [2.75, 3.05) is 6.61 Å². The molecule has 0 bridgehead atoms. The van der Waals surface area contributed by atoms with Crippen molar-refractivity contribution in [2.45, 2.75) is 38.8 Å². The first-order valence-electron chi connectivity index (χ1n) is 11.4. The van der Waals surface area contributed by atoms with Crippen LogP contribution in [-0.2, 0) is 27.3 Å². The molecule has 0 saturated carbocycles. The van der Waals surface area contributed by atoms with Crippen molar-refractivity contribution in [2.24, 2.45) is 5.92 Å². The van der Waals surface area contributed by atoms with Gasteiger partial charge in [-0.15, -0.1) is 11.3 Å². The van der Waals surface area contributed by atoms with Crippen molar-refractivity contribution in [1.29, 1.82) is 0 Å². The molecule has 0 radical (unpaired) electrons. The van der Waals surface area contributed by atoms with Crippen LogP contribution in [0, 0.1) is 5.92 Å². The Balaban J connectivity index is 1.34. The molecule has 2 amide bonds. The average Bonchev–Trinajstić information content (AvgIpc) is 3.41. The molecule has 2 aromatic carbocycles. The number of hydrogen-bond donors (Lipinski definition) is 3. The van der Waals surface area contributed by atoms with Crippen molar-refractivity contribution in [3.63, 3.8) is 0 Å². The molecular weight excluding hydrogens is 466 g/mol. The number of carbonyl (C=O) groups excluding carboxylic acids is 2. The van der Waals surface area contributed by atoms with Crippen LogP contribution in [0.1, 0.15) is 41.6 Å². The minimum absolute atomic E-state index is 0.0654. The van der Waals surface area contributed by atoms with Crippen LogP contribution >= 0.6 is 11.3 Å². The van der Waals surface area contributed by atoms with E-state index in [9.17, 15) is 14.4 Å². The summed E-state index contributed by atoms with van der Waals surface area (Å²) in [5.41, 5.74) is 4.97. The molecule has 9 heteroatoms. The number of ether oxygens (including phenoxy) is 1. The Morgan fingerprint density at radius 1 is 1.06 bits per heavy atom. The van der Waals surface area contributed by atoms with Crippen LogP contribution in [0.15, 0.2) is 53.9 Å². The Kier molecular flexibility index (Phi) is 7.45. The van der Waals surface area contributed by atoms with Gasteiger partial charge in [-0.25, -0.2) is 9.78 Å². The molecule has 1 atom stereocenters. The monoisotopic (exact) mass is 493 g/mol. The van der Waals surface area contributed by atoms with Gasteiger partial charge in [-0.1, -0.05) is 62.4 Å². The Morgan fingerprint density at radius 2 is 1.69 bits per heavy atom. The molecule has 3 aromatic rings. The van der Waals surface area contributed by atoms with Crippen LogP contribution in [0.25, 0.3) is 11.1 Å². The summed E-state index contributed by atoms with van der Waals surface area (Å²) in [6, 6.07) is 15.4. The van der Waals surface area contributed by atoms with Crippen LogP contribution in [0.2, 0.25) is 0 Å². The lowest BCUT2D eigenvalue weighted by molar-refractivity contribution is -0.136. The van der Waals surface area contributed by atoms with Crippen LogP contribution in [0.3, 0.4) is 0 Å². The third-order valence-electron chi connectivity index (χ3n) is 5.91. The van der Waals surface area contributed by atoms with Gasteiger partial charge in [0.15, 0.2) is 0 Å². The fraction of sp³-hybridized carbons (Fsp3) is 0.308. The number of hydrogen-bond acceptors (Lipinski definition) is 6. The van der Waals surface area contributed by atoms with Crippen LogP contribution in [-0.4, -0.2) is 40.7 Å². The molecule has 1 aromatic heterocycles. The van der Waals surface area contributed by atoms with Gasteiger partial charge in [0.05, 0.1) is 18.7 Å². The van der Waals surface area contributed by atoms with E-state index in [0.717, 1.165) is 22.3 Å². The molecule has 1 heterocycles. The summed E-state index contributed by atoms with van der Waals surface area (Å²) in [7, 11) is 0. The first-order valence-corrected chi connectivity index (χ1v) is 12.3. The van der Waals surface area contributed by atoms with Gasteiger partial charge in [0.1, 0.15) is 17.7 Å². The number of carbonyl (C=O) groups is 3. The number of aromatic nitrogens is 1. The molecule has 182 valence electrons. The number of carboxylic acids is 1. The third kappa shape index (κ3) is 5.68. The van der Waals surface area contributed by atoms with Crippen LogP contribution in [0.5, 0.6) is 0 Å². The summed E-state index contributed by atoms with van der Waals surface area (Å²) in [5, 5.41) is 16.6. The predicted molar refractivity (Wildman–Crippen MR) is 132 cm³/mol. The zero-order valence-corrected chi connectivity index (χ0v) is 20.3. The number of carboxylic acid groups (broad SMARTS) is 1. The van der Waals surface area contributed by atoms with Gasteiger partial charge < -0.3 is 20.5 Å². The standard InChI is InChI=1S/C26H27N3O5S/c1-15(2)24(25(32)27-12-22-28-16(14-35-22)11-23(30)31)29-26(33)34-13-21-19-9-5-3-7-17(19)18-8-4-6-10-20(18)21/h3-10,14-15,21,24H,11-13H2,1-2H3,(H,27,32)(H,29,33)(H,30,31)/t24-/m0/s1. The van der Waals surface area contributed by atoms with Crippen molar-refractivity contribution in [3.8, 4) is 11.1 Å². The van der Waals surface area contributed by atoms with Gasteiger partial charge in [0, 0.05) is 11.3 Å². The summed E-state index contributed by atoms with van der Waals surface area (Å²) >= 11 is 1.28. The van der Waals surface area contributed by atoms with E-state index < -0.39 is 18.1 Å². The number of rotatable bonds is 9. The summed E-state index contributed by atoms with van der Waals surface area (Å²) < 4.78 is 5.58. The minimum atomic E-state index is -0.960. The maximum atomic E-state index is 12.8.